The molecular weight excluding hydrogens is 696 g/mol. The van der Waals surface area contributed by atoms with Gasteiger partial charge in [0.2, 0.25) is 0 Å². The molecule has 2 unspecified atom stereocenters. The van der Waals surface area contributed by atoms with Crippen molar-refractivity contribution in [1.82, 2.24) is 21.3 Å². The lowest BCUT2D eigenvalue weighted by atomic mass is 9.90. The van der Waals surface area contributed by atoms with Crippen LogP contribution in [0.4, 0.5) is 9.59 Å². The number of fused-ring (bicyclic) bond motifs is 2. The summed E-state index contributed by atoms with van der Waals surface area (Å²) in [5.74, 6) is -0.374. The molecule has 4 aromatic carbocycles. The molecule has 0 fully saturated rings. The minimum Gasteiger partial charge on any atom is -0.490 e. The largest absolute Gasteiger partial charge is 0.490 e. The molecule has 14 heteroatoms. The van der Waals surface area contributed by atoms with E-state index in [0.29, 0.717) is 34.0 Å². The number of benzene rings is 4. The van der Waals surface area contributed by atoms with Crippen LogP contribution in [0.25, 0.3) is 21.5 Å². The van der Waals surface area contributed by atoms with Crippen molar-refractivity contribution in [2.24, 2.45) is 0 Å². The molecule has 282 valence electrons. The average Bonchev–Trinajstić information content (AvgIpc) is 3.15. The van der Waals surface area contributed by atoms with E-state index >= 15 is 0 Å². The van der Waals surface area contributed by atoms with E-state index in [4.69, 9.17) is 28.4 Å². The molecule has 6 rings (SSSR count). The number of carbonyl (C=O) groups excluding carboxylic acids is 4. The lowest BCUT2D eigenvalue weighted by Gasteiger charge is -2.30. The zero-order valence-electron chi connectivity index (χ0n) is 30.4. The second-order valence-corrected chi connectivity index (χ2v) is 12.5. The number of esters is 2. The summed E-state index contributed by atoms with van der Waals surface area (Å²) in [4.78, 5) is 52.5. The fraction of sp³-hybridized carbons (Fsp3) is 0.300. The van der Waals surface area contributed by atoms with E-state index in [0.717, 1.165) is 21.5 Å². The number of nitrogens with one attached hydrogen (secondary N) is 4. The van der Waals surface area contributed by atoms with Gasteiger partial charge in [0.25, 0.3) is 0 Å². The highest BCUT2D eigenvalue weighted by atomic mass is 16.6. The number of hydrogen-bond donors (Lipinski definition) is 4. The van der Waals surface area contributed by atoms with Gasteiger partial charge in [-0.1, -0.05) is 60.7 Å². The van der Waals surface area contributed by atoms with Crippen LogP contribution in [0.2, 0.25) is 0 Å². The van der Waals surface area contributed by atoms with Crippen LogP contribution >= 0.6 is 0 Å². The van der Waals surface area contributed by atoms with Gasteiger partial charge in [0, 0.05) is 36.7 Å². The Morgan fingerprint density at radius 2 is 0.963 bits per heavy atom. The maximum atomic E-state index is 13.4. The zero-order chi connectivity index (χ0) is 38.2. The van der Waals surface area contributed by atoms with Crippen molar-refractivity contribution >= 4 is 45.5 Å². The summed E-state index contributed by atoms with van der Waals surface area (Å²) < 4.78 is 33.8. The molecule has 2 aliphatic rings. The molecule has 4 amide bonds. The molecule has 4 aromatic rings. The van der Waals surface area contributed by atoms with E-state index in [1.807, 2.05) is 60.7 Å². The van der Waals surface area contributed by atoms with Gasteiger partial charge < -0.3 is 49.7 Å². The Morgan fingerprint density at radius 3 is 1.37 bits per heavy atom. The molecule has 0 spiro atoms. The summed E-state index contributed by atoms with van der Waals surface area (Å²) in [5, 5.41) is 14.4. The molecule has 0 aliphatic carbocycles. The first-order valence-corrected chi connectivity index (χ1v) is 17.4. The van der Waals surface area contributed by atoms with Crippen LogP contribution in [0, 0.1) is 0 Å². The van der Waals surface area contributed by atoms with Crippen LogP contribution in [-0.2, 0) is 28.5 Å². The van der Waals surface area contributed by atoms with Gasteiger partial charge >= 0.3 is 24.0 Å². The molecule has 2 atom stereocenters. The summed E-state index contributed by atoms with van der Waals surface area (Å²) in [5.41, 5.74) is 2.31. The van der Waals surface area contributed by atoms with Crippen molar-refractivity contribution < 1.29 is 47.6 Å². The third-order valence-corrected chi connectivity index (χ3v) is 9.06. The third-order valence-electron chi connectivity index (χ3n) is 9.06. The molecule has 0 aromatic heterocycles. The minimum absolute atomic E-state index is 0.0344. The van der Waals surface area contributed by atoms with Gasteiger partial charge in [-0.25, -0.2) is 19.2 Å². The first-order chi connectivity index (χ1) is 26.2. The van der Waals surface area contributed by atoms with E-state index in [-0.39, 0.29) is 50.8 Å². The van der Waals surface area contributed by atoms with E-state index in [2.05, 4.69) is 21.3 Å². The number of amides is 4. The van der Waals surface area contributed by atoms with Gasteiger partial charge in [-0.3, -0.25) is 0 Å². The highest BCUT2D eigenvalue weighted by Crippen LogP contribution is 2.40. The lowest BCUT2D eigenvalue weighted by molar-refractivity contribution is -0.141. The molecule has 2 heterocycles. The van der Waals surface area contributed by atoms with Crippen LogP contribution in [0.15, 0.2) is 95.3 Å². The molecule has 0 saturated heterocycles. The fourth-order valence-electron chi connectivity index (χ4n) is 6.65. The second kappa shape index (κ2) is 17.1. The highest BCUT2D eigenvalue weighted by molar-refractivity contribution is 5.99. The van der Waals surface area contributed by atoms with E-state index < -0.39 is 36.1 Å². The van der Waals surface area contributed by atoms with Crippen molar-refractivity contribution in [3.05, 3.63) is 106 Å². The standard InChI is InChI=1S/C40H42N4O10/c1-23-31(37(45)53-19-17-49-3)35(43-39(47)41-23)33-27-11-7-5-9-25(27)13-15-29(33)51-21-22-52-30-16-14-26-10-6-8-12-28(26)34(30)36-32(24(2)42-40(48)44-36)38(46)54-20-18-50-4/h5-16,35-36H,17-22H2,1-4H3,(H2,41,43,47)(H2,42,44,48). The molecule has 0 radical (unpaired) electrons. The number of urea groups is 2. The van der Waals surface area contributed by atoms with Crippen LogP contribution < -0.4 is 30.7 Å². The van der Waals surface area contributed by atoms with Gasteiger partial charge in [-0.2, -0.15) is 0 Å². The maximum Gasteiger partial charge on any atom is 0.338 e. The smallest absolute Gasteiger partial charge is 0.338 e. The van der Waals surface area contributed by atoms with Gasteiger partial charge in [0.15, 0.2) is 0 Å². The van der Waals surface area contributed by atoms with Gasteiger partial charge in [-0.15, -0.1) is 0 Å². The third kappa shape index (κ3) is 8.09. The quantitative estimate of drug-likeness (QED) is 0.0952. The molecule has 0 saturated carbocycles. The molecule has 54 heavy (non-hydrogen) atoms. The topological polar surface area (TPSA) is 172 Å². The Morgan fingerprint density at radius 1 is 0.556 bits per heavy atom. The average molecular weight is 739 g/mol. The van der Waals surface area contributed by atoms with Crippen LogP contribution in [0.3, 0.4) is 0 Å². The number of rotatable bonds is 15. The minimum atomic E-state index is -0.900. The predicted octanol–water partition coefficient (Wildman–Crippen LogP) is 5.09. The second-order valence-electron chi connectivity index (χ2n) is 12.5. The monoisotopic (exact) mass is 738 g/mol. The number of carbonyl (C=O) groups is 4. The van der Waals surface area contributed by atoms with Crippen molar-refractivity contribution in [2.45, 2.75) is 25.9 Å². The van der Waals surface area contributed by atoms with Gasteiger partial charge in [0.05, 0.1) is 36.4 Å². The van der Waals surface area contributed by atoms with Crippen molar-refractivity contribution in [1.29, 1.82) is 0 Å². The van der Waals surface area contributed by atoms with Crippen molar-refractivity contribution in [3.8, 4) is 11.5 Å². The number of ether oxygens (including phenoxy) is 6. The molecule has 0 bridgehead atoms. The molecule has 2 aliphatic heterocycles. The fourth-order valence-corrected chi connectivity index (χ4v) is 6.65. The van der Waals surface area contributed by atoms with Gasteiger partial charge in [-0.05, 0) is 47.5 Å². The summed E-state index contributed by atoms with van der Waals surface area (Å²) in [6.07, 6.45) is 0. The van der Waals surface area contributed by atoms with Crippen LogP contribution in [-0.4, -0.2) is 77.9 Å². The number of hydrogen-bond acceptors (Lipinski definition) is 10. The highest BCUT2D eigenvalue weighted by Gasteiger charge is 2.37. The summed E-state index contributed by atoms with van der Waals surface area (Å²) in [6, 6.07) is 19.8. The van der Waals surface area contributed by atoms with Crippen molar-refractivity contribution in [2.75, 3.05) is 53.9 Å². The summed E-state index contributed by atoms with van der Waals surface area (Å²) >= 11 is 0. The van der Waals surface area contributed by atoms with E-state index in [1.54, 1.807) is 26.0 Å². The Balaban J connectivity index is 1.31. The summed E-state index contributed by atoms with van der Waals surface area (Å²) in [7, 11) is 3.02. The lowest BCUT2D eigenvalue weighted by Crippen LogP contribution is -2.45. The normalized spacial score (nSPS) is 17.0. The van der Waals surface area contributed by atoms with Gasteiger partial charge in [0.1, 0.15) is 37.9 Å². The molecule has 4 N–H and O–H groups in total. The van der Waals surface area contributed by atoms with Crippen LogP contribution in [0.5, 0.6) is 11.5 Å². The SMILES string of the molecule is COCCOC(=O)C1=C(C)NC(=O)NC1c1c(OCCOc2ccc3ccccc3c2C2NC(=O)NC(C)=C2C(=O)OCCOC)ccc2ccccc12. The molecule has 14 nitrogen and oxygen atoms in total. The van der Waals surface area contributed by atoms with E-state index in [1.165, 1.54) is 14.2 Å². The first-order valence-electron chi connectivity index (χ1n) is 17.4. The molecular formula is C40H42N4O10. The van der Waals surface area contributed by atoms with Crippen molar-refractivity contribution in [3.63, 3.8) is 0 Å². The Kier molecular flexibility index (Phi) is 11.9. The number of methoxy groups -OCH3 is 2. The first kappa shape index (κ1) is 37.6. The summed E-state index contributed by atoms with van der Waals surface area (Å²) in [6.45, 7) is 3.88. The van der Waals surface area contributed by atoms with E-state index in [9.17, 15) is 19.2 Å². The Hall–Kier alpha value is -6.12. The predicted molar refractivity (Wildman–Crippen MR) is 199 cm³/mol. The Labute approximate surface area is 311 Å². The Bertz CT molecular complexity index is 1990. The maximum absolute atomic E-state index is 13.4. The zero-order valence-corrected chi connectivity index (χ0v) is 30.4. The number of allylic oxidation sites excluding steroid dienone is 2. The van der Waals surface area contributed by atoms with Crippen LogP contribution in [0.1, 0.15) is 37.1 Å².